The normalized spacial score (nSPS) is 13.4. The molecule has 292 valence electrons. The van der Waals surface area contributed by atoms with Gasteiger partial charge in [0, 0.05) is 57.4 Å². The first-order valence-electron chi connectivity index (χ1n) is 17.9. The van der Waals surface area contributed by atoms with E-state index in [1.54, 1.807) is 29.9 Å². The van der Waals surface area contributed by atoms with Crippen molar-refractivity contribution in [1.29, 1.82) is 0 Å². The number of allylic oxidation sites excluding steroid dienone is 1. The molecule has 1 aliphatic rings. The number of carbonyl (C=O) groups excluding carboxylic acids is 3. The second-order valence-corrected chi connectivity index (χ2v) is 12.6. The number of carbonyl (C=O) groups is 3. The molecule has 2 aromatic heterocycles. The highest BCUT2D eigenvalue weighted by Crippen LogP contribution is 2.39. The van der Waals surface area contributed by atoms with E-state index in [1.807, 2.05) is 41.5 Å². The highest BCUT2D eigenvalue weighted by molar-refractivity contribution is 5.99. The molecule has 3 heterocycles. The molecule has 4 aromatic rings. The lowest BCUT2D eigenvalue weighted by molar-refractivity contribution is 0.0434. The van der Waals surface area contributed by atoms with Crippen molar-refractivity contribution >= 4 is 52.8 Å². The average molecular weight is 756 g/mol. The SMILES string of the molecule is C=Nc1cc(C(N)=O)cc(OC)c1N(C/C=C/Cn1c(NC)nc2cc(C(N)=O)cc(OC/C=C\CN3CCOCC3)c21)CNC(=O)c1cc(C)nn1CC. The molecular weight excluding hydrogens is 706 g/mol. The van der Waals surface area contributed by atoms with Crippen LogP contribution in [0.2, 0.25) is 0 Å². The monoisotopic (exact) mass is 755 g/mol. The fraction of sp³-hybridized carbons (Fsp3) is 0.368. The van der Waals surface area contributed by atoms with E-state index < -0.39 is 11.8 Å². The minimum absolute atomic E-state index is 0.0363. The molecule has 5 rings (SSSR count). The number of amides is 3. The van der Waals surface area contributed by atoms with Gasteiger partial charge in [0.05, 0.1) is 43.9 Å². The number of primary amides is 2. The number of nitrogens with two attached hydrogens (primary N) is 2. The number of methoxy groups -OCH3 is 1. The molecule has 0 saturated carbocycles. The highest BCUT2D eigenvalue weighted by Gasteiger charge is 2.22. The topological polar surface area (TPSA) is 209 Å². The molecule has 0 bridgehead atoms. The van der Waals surface area contributed by atoms with Crippen LogP contribution in [0.4, 0.5) is 17.3 Å². The van der Waals surface area contributed by atoms with Crippen LogP contribution in [0.25, 0.3) is 11.0 Å². The van der Waals surface area contributed by atoms with Crippen molar-refractivity contribution in [2.45, 2.75) is 26.9 Å². The lowest BCUT2D eigenvalue weighted by Crippen LogP contribution is -2.39. The summed E-state index contributed by atoms with van der Waals surface area (Å²) >= 11 is 0. The number of aromatic nitrogens is 4. The van der Waals surface area contributed by atoms with Crippen molar-refractivity contribution in [2.75, 3.05) is 77.0 Å². The first-order chi connectivity index (χ1) is 26.6. The van der Waals surface area contributed by atoms with Crippen LogP contribution >= 0.6 is 0 Å². The molecule has 0 aliphatic carbocycles. The Balaban J connectivity index is 1.42. The maximum Gasteiger partial charge on any atom is 0.270 e. The van der Waals surface area contributed by atoms with E-state index in [1.165, 1.54) is 19.2 Å². The van der Waals surface area contributed by atoms with Crippen LogP contribution in [0.15, 0.2) is 59.6 Å². The van der Waals surface area contributed by atoms with Crippen molar-refractivity contribution in [3.63, 3.8) is 0 Å². The van der Waals surface area contributed by atoms with Gasteiger partial charge in [0.2, 0.25) is 17.8 Å². The lowest BCUT2D eigenvalue weighted by atomic mass is 10.1. The van der Waals surface area contributed by atoms with Gasteiger partial charge >= 0.3 is 0 Å². The minimum Gasteiger partial charge on any atom is -0.494 e. The number of hydrogen-bond acceptors (Lipinski definition) is 12. The van der Waals surface area contributed by atoms with Gasteiger partial charge < -0.3 is 45.8 Å². The summed E-state index contributed by atoms with van der Waals surface area (Å²) in [6.07, 6.45) is 7.85. The molecule has 3 amide bonds. The summed E-state index contributed by atoms with van der Waals surface area (Å²) in [6, 6.07) is 8.05. The van der Waals surface area contributed by atoms with Crippen LogP contribution in [0.3, 0.4) is 0 Å². The maximum atomic E-state index is 13.4. The number of aliphatic imine (C=N–C) groups is 1. The number of benzene rings is 2. The highest BCUT2D eigenvalue weighted by atomic mass is 16.5. The van der Waals surface area contributed by atoms with Gasteiger partial charge in [0.15, 0.2) is 0 Å². The predicted octanol–water partition coefficient (Wildman–Crippen LogP) is 2.86. The second kappa shape index (κ2) is 18.7. The Morgan fingerprint density at radius 2 is 1.73 bits per heavy atom. The van der Waals surface area contributed by atoms with Gasteiger partial charge in [-0.25, -0.2) is 4.98 Å². The Hall–Kier alpha value is -6.20. The summed E-state index contributed by atoms with van der Waals surface area (Å²) < 4.78 is 20.9. The number of ether oxygens (including phenoxy) is 3. The number of rotatable bonds is 19. The summed E-state index contributed by atoms with van der Waals surface area (Å²) in [5, 5.41) is 10.5. The molecule has 0 atom stereocenters. The van der Waals surface area contributed by atoms with Gasteiger partial charge in [0.25, 0.3) is 5.91 Å². The molecule has 0 radical (unpaired) electrons. The van der Waals surface area contributed by atoms with Gasteiger partial charge in [-0.1, -0.05) is 24.3 Å². The molecule has 17 heteroatoms. The number of morpholine rings is 1. The Morgan fingerprint density at radius 1 is 1.02 bits per heavy atom. The molecular formula is C38H49N11O6. The maximum absolute atomic E-state index is 13.4. The number of nitrogens with zero attached hydrogens (tertiary/aromatic N) is 7. The summed E-state index contributed by atoms with van der Waals surface area (Å²) in [7, 11) is 3.23. The van der Waals surface area contributed by atoms with E-state index in [9.17, 15) is 14.4 Å². The Kier molecular flexibility index (Phi) is 13.6. The number of nitrogens with one attached hydrogen (secondary N) is 2. The molecule has 1 saturated heterocycles. The third-order valence-electron chi connectivity index (χ3n) is 8.97. The van der Waals surface area contributed by atoms with Crippen molar-refractivity contribution in [3.8, 4) is 11.5 Å². The van der Waals surface area contributed by atoms with E-state index >= 15 is 0 Å². The fourth-order valence-electron chi connectivity index (χ4n) is 6.24. The number of hydrogen-bond donors (Lipinski definition) is 4. The third kappa shape index (κ3) is 9.68. The van der Waals surface area contributed by atoms with Crippen LogP contribution in [-0.4, -0.2) is 115 Å². The van der Waals surface area contributed by atoms with Gasteiger partial charge in [-0.2, -0.15) is 5.10 Å². The van der Waals surface area contributed by atoms with Gasteiger partial charge in [-0.15, -0.1) is 0 Å². The van der Waals surface area contributed by atoms with E-state index in [-0.39, 0.29) is 36.9 Å². The number of anilines is 2. The van der Waals surface area contributed by atoms with Gasteiger partial charge in [-0.3, -0.25) is 29.0 Å². The zero-order chi connectivity index (χ0) is 39.5. The summed E-state index contributed by atoms with van der Waals surface area (Å²) in [6.45, 7) is 12.9. The lowest BCUT2D eigenvalue weighted by Gasteiger charge is -2.27. The molecule has 0 unspecified atom stereocenters. The largest absolute Gasteiger partial charge is 0.494 e. The van der Waals surface area contributed by atoms with E-state index in [0.717, 1.165) is 38.5 Å². The molecule has 2 aromatic carbocycles. The van der Waals surface area contributed by atoms with Crippen molar-refractivity contribution in [3.05, 3.63) is 77.2 Å². The molecule has 55 heavy (non-hydrogen) atoms. The van der Waals surface area contributed by atoms with E-state index in [0.29, 0.717) is 58.6 Å². The van der Waals surface area contributed by atoms with Crippen LogP contribution in [-0.2, 0) is 17.8 Å². The second-order valence-electron chi connectivity index (χ2n) is 12.6. The van der Waals surface area contributed by atoms with Crippen LogP contribution in [0, 0.1) is 6.92 Å². The first kappa shape index (κ1) is 40.0. The van der Waals surface area contributed by atoms with E-state index in [2.05, 4.69) is 38.4 Å². The van der Waals surface area contributed by atoms with E-state index in [4.69, 9.17) is 30.7 Å². The van der Waals surface area contributed by atoms with Gasteiger partial charge in [-0.05, 0) is 50.9 Å². The summed E-state index contributed by atoms with van der Waals surface area (Å²) in [5.41, 5.74) is 14.9. The minimum atomic E-state index is -0.652. The zero-order valence-electron chi connectivity index (χ0n) is 31.7. The van der Waals surface area contributed by atoms with Crippen molar-refractivity contribution in [2.24, 2.45) is 16.5 Å². The van der Waals surface area contributed by atoms with Gasteiger partial charge in [0.1, 0.15) is 35.0 Å². The number of aryl methyl sites for hydroxylation is 2. The molecule has 6 N–H and O–H groups in total. The molecule has 1 fully saturated rings. The molecule has 0 spiro atoms. The molecule has 17 nitrogen and oxygen atoms in total. The molecule has 1 aliphatic heterocycles. The summed E-state index contributed by atoms with van der Waals surface area (Å²) in [5.74, 6) is -0.246. The standard InChI is InChI=1S/C38H49N11O6/c1-6-49-30(19-25(2)45-49)37(52)43-24-47(33-28(41-3)20-26(35(39)50)22-31(33)53-5)12-7-8-13-48-34-29(44-38(48)42-4)21-27(36(40)51)23-32(34)55-16-10-9-11-46-14-17-54-18-15-46/h7-10,19-23H,3,6,11-18,24H2,1-2,4-5H3,(H2,39,50)(H2,40,51)(H,42,44)(H,43,52)/b8-7+,10-9-. The van der Waals surface area contributed by atoms with Crippen LogP contribution in [0.5, 0.6) is 11.5 Å². The van der Waals surface area contributed by atoms with Crippen LogP contribution in [0.1, 0.15) is 43.8 Å². The predicted molar refractivity (Wildman–Crippen MR) is 212 cm³/mol. The average Bonchev–Trinajstić information content (AvgIpc) is 3.76. The van der Waals surface area contributed by atoms with Crippen LogP contribution < -0.4 is 36.5 Å². The third-order valence-corrected chi connectivity index (χ3v) is 8.97. The zero-order valence-corrected chi connectivity index (χ0v) is 31.7. The summed E-state index contributed by atoms with van der Waals surface area (Å²) in [4.78, 5) is 50.7. The van der Waals surface area contributed by atoms with Crippen molar-refractivity contribution < 1.29 is 28.6 Å². The Labute approximate surface area is 319 Å². The van der Waals surface area contributed by atoms with Crippen molar-refractivity contribution in [1.82, 2.24) is 29.5 Å². The smallest absolute Gasteiger partial charge is 0.270 e. The first-order valence-corrected chi connectivity index (χ1v) is 17.9. The quantitative estimate of drug-likeness (QED) is 0.0621. The Morgan fingerprint density at radius 3 is 2.40 bits per heavy atom. The Bertz CT molecular complexity index is 2080. The fourth-order valence-corrected chi connectivity index (χ4v) is 6.24. The number of imidazole rings is 1. The number of fused-ring (bicyclic) bond motifs is 1.